The first-order valence-electron chi connectivity index (χ1n) is 8.44. The predicted octanol–water partition coefficient (Wildman–Crippen LogP) is 3.03. The van der Waals surface area contributed by atoms with Crippen molar-refractivity contribution < 1.29 is 18.7 Å². The standard InChI is InChI=1S/C19H18FN3O4S/c1-10-11(2)28-17-16(10)18(25)23(9-21-17)7-6-15(24)22-14-5-4-12(8-13(14)20)19(26)27-3/h4-5,8-9H,6-7H2,1-3H3,(H,22,24). The minimum atomic E-state index is -0.749. The summed E-state index contributed by atoms with van der Waals surface area (Å²) in [5.41, 5.74) is 0.686. The number of nitrogens with one attached hydrogen (secondary N) is 1. The van der Waals surface area contributed by atoms with Gasteiger partial charge in [0.1, 0.15) is 10.6 Å². The van der Waals surface area contributed by atoms with Gasteiger partial charge in [0.25, 0.3) is 5.56 Å². The molecule has 3 rings (SSSR count). The zero-order valence-corrected chi connectivity index (χ0v) is 16.4. The van der Waals surface area contributed by atoms with Gasteiger partial charge in [-0.1, -0.05) is 0 Å². The number of hydrogen-bond donors (Lipinski definition) is 1. The van der Waals surface area contributed by atoms with Gasteiger partial charge < -0.3 is 10.1 Å². The highest BCUT2D eigenvalue weighted by Gasteiger charge is 2.14. The van der Waals surface area contributed by atoms with Gasteiger partial charge >= 0.3 is 5.97 Å². The molecule has 1 N–H and O–H groups in total. The predicted molar refractivity (Wildman–Crippen MR) is 104 cm³/mol. The number of aryl methyl sites for hydroxylation is 3. The highest BCUT2D eigenvalue weighted by atomic mass is 32.1. The van der Waals surface area contributed by atoms with E-state index in [1.54, 1.807) is 0 Å². The molecule has 0 aliphatic rings. The average Bonchev–Trinajstić information content (AvgIpc) is 2.96. The third-order valence-electron chi connectivity index (χ3n) is 4.40. The van der Waals surface area contributed by atoms with Crippen LogP contribution in [0.15, 0.2) is 29.3 Å². The van der Waals surface area contributed by atoms with Crippen LogP contribution in [0, 0.1) is 19.7 Å². The number of anilines is 1. The number of benzene rings is 1. The van der Waals surface area contributed by atoms with Crippen LogP contribution in [0.4, 0.5) is 10.1 Å². The van der Waals surface area contributed by atoms with Crippen LogP contribution in [-0.2, 0) is 16.1 Å². The van der Waals surface area contributed by atoms with Crippen molar-refractivity contribution >= 4 is 39.1 Å². The van der Waals surface area contributed by atoms with Gasteiger partial charge in [0.05, 0.1) is 30.1 Å². The Morgan fingerprint density at radius 1 is 1.32 bits per heavy atom. The van der Waals surface area contributed by atoms with E-state index in [9.17, 15) is 18.8 Å². The third-order valence-corrected chi connectivity index (χ3v) is 5.52. The molecule has 146 valence electrons. The number of rotatable bonds is 5. The molecule has 1 aromatic carbocycles. The maximum Gasteiger partial charge on any atom is 0.337 e. The normalized spacial score (nSPS) is 10.9. The monoisotopic (exact) mass is 403 g/mol. The van der Waals surface area contributed by atoms with E-state index in [0.29, 0.717) is 10.2 Å². The number of esters is 1. The molecule has 0 aliphatic carbocycles. The maximum atomic E-state index is 14.1. The lowest BCUT2D eigenvalue weighted by atomic mass is 10.2. The van der Waals surface area contributed by atoms with E-state index in [2.05, 4.69) is 15.0 Å². The molecular weight excluding hydrogens is 385 g/mol. The molecule has 0 radical (unpaired) electrons. The van der Waals surface area contributed by atoms with Crippen molar-refractivity contribution in [1.82, 2.24) is 9.55 Å². The van der Waals surface area contributed by atoms with Gasteiger partial charge in [0.15, 0.2) is 0 Å². The van der Waals surface area contributed by atoms with E-state index in [1.807, 2.05) is 13.8 Å². The van der Waals surface area contributed by atoms with E-state index in [-0.39, 0.29) is 29.8 Å². The quantitative estimate of drug-likeness (QED) is 0.662. The number of thiophene rings is 1. The summed E-state index contributed by atoms with van der Waals surface area (Å²) in [4.78, 5) is 42.1. The number of methoxy groups -OCH3 is 1. The smallest absolute Gasteiger partial charge is 0.337 e. The zero-order valence-electron chi connectivity index (χ0n) is 15.5. The Morgan fingerprint density at radius 2 is 2.07 bits per heavy atom. The van der Waals surface area contributed by atoms with Gasteiger partial charge in [0.2, 0.25) is 5.91 Å². The summed E-state index contributed by atoms with van der Waals surface area (Å²) in [7, 11) is 1.20. The fourth-order valence-electron chi connectivity index (χ4n) is 2.73. The Labute approximate surface area is 163 Å². The van der Waals surface area contributed by atoms with Crippen molar-refractivity contribution in [3.8, 4) is 0 Å². The van der Waals surface area contributed by atoms with Crippen LogP contribution in [0.25, 0.3) is 10.2 Å². The second-order valence-corrected chi connectivity index (χ2v) is 7.39. The summed E-state index contributed by atoms with van der Waals surface area (Å²) >= 11 is 1.46. The molecule has 0 atom stereocenters. The molecule has 0 fully saturated rings. The minimum absolute atomic E-state index is 0.0343. The summed E-state index contributed by atoms with van der Waals surface area (Å²) in [5.74, 6) is -1.88. The lowest BCUT2D eigenvalue weighted by Gasteiger charge is -2.09. The Balaban J connectivity index is 1.70. The maximum absolute atomic E-state index is 14.1. The van der Waals surface area contributed by atoms with E-state index in [1.165, 1.54) is 41.5 Å². The largest absolute Gasteiger partial charge is 0.465 e. The Bertz CT molecular complexity index is 1140. The Hall–Kier alpha value is -3.07. The highest BCUT2D eigenvalue weighted by Crippen LogP contribution is 2.25. The Kier molecular flexibility index (Phi) is 5.55. The van der Waals surface area contributed by atoms with Crippen LogP contribution < -0.4 is 10.9 Å². The van der Waals surface area contributed by atoms with Crippen molar-refractivity contribution in [2.45, 2.75) is 26.8 Å². The molecule has 7 nitrogen and oxygen atoms in total. The molecule has 0 unspecified atom stereocenters. The van der Waals surface area contributed by atoms with Gasteiger partial charge in [-0.25, -0.2) is 14.2 Å². The summed E-state index contributed by atoms with van der Waals surface area (Å²) in [6.45, 7) is 3.91. The van der Waals surface area contributed by atoms with Crippen molar-refractivity contribution in [1.29, 1.82) is 0 Å². The molecule has 2 aromatic heterocycles. The SMILES string of the molecule is COC(=O)c1ccc(NC(=O)CCn2cnc3sc(C)c(C)c3c2=O)c(F)c1. The summed E-state index contributed by atoms with van der Waals surface area (Å²) < 4.78 is 20.0. The second kappa shape index (κ2) is 7.89. The molecule has 3 aromatic rings. The first-order valence-corrected chi connectivity index (χ1v) is 9.26. The van der Waals surface area contributed by atoms with Crippen LogP contribution >= 0.6 is 11.3 Å². The third kappa shape index (κ3) is 3.79. The number of carbonyl (C=O) groups excluding carboxylic acids is 2. The fraction of sp³-hybridized carbons (Fsp3) is 0.263. The van der Waals surface area contributed by atoms with Crippen molar-refractivity contribution in [2.75, 3.05) is 12.4 Å². The fourth-order valence-corrected chi connectivity index (χ4v) is 3.71. The number of ether oxygens (including phenoxy) is 1. The van der Waals surface area contributed by atoms with E-state index in [4.69, 9.17) is 0 Å². The summed E-state index contributed by atoms with van der Waals surface area (Å²) in [6.07, 6.45) is 1.38. The molecule has 28 heavy (non-hydrogen) atoms. The van der Waals surface area contributed by atoms with Crippen molar-refractivity contribution in [3.05, 3.63) is 56.7 Å². The number of nitrogens with zero attached hydrogens (tertiary/aromatic N) is 2. The van der Waals surface area contributed by atoms with Crippen LogP contribution in [-0.4, -0.2) is 28.5 Å². The first kappa shape index (κ1) is 19.7. The van der Waals surface area contributed by atoms with Gasteiger partial charge in [-0.3, -0.25) is 14.2 Å². The van der Waals surface area contributed by atoms with Crippen molar-refractivity contribution in [3.63, 3.8) is 0 Å². The minimum Gasteiger partial charge on any atom is -0.465 e. The molecule has 0 aliphatic heterocycles. The van der Waals surface area contributed by atoms with Gasteiger partial charge in [-0.05, 0) is 37.6 Å². The molecule has 0 bridgehead atoms. The zero-order chi connectivity index (χ0) is 20.4. The number of amides is 1. The number of carbonyl (C=O) groups is 2. The lowest BCUT2D eigenvalue weighted by Crippen LogP contribution is -2.23. The molecule has 2 heterocycles. The Morgan fingerprint density at radius 3 is 2.75 bits per heavy atom. The van der Waals surface area contributed by atoms with Crippen LogP contribution in [0.1, 0.15) is 27.2 Å². The van der Waals surface area contributed by atoms with Gasteiger partial charge in [0, 0.05) is 17.8 Å². The lowest BCUT2D eigenvalue weighted by molar-refractivity contribution is -0.116. The number of hydrogen-bond acceptors (Lipinski definition) is 6. The highest BCUT2D eigenvalue weighted by molar-refractivity contribution is 7.18. The van der Waals surface area contributed by atoms with Gasteiger partial charge in [-0.2, -0.15) is 0 Å². The van der Waals surface area contributed by atoms with Crippen molar-refractivity contribution in [2.24, 2.45) is 0 Å². The average molecular weight is 403 g/mol. The topological polar surface area (TPSA) is 90.3 Å². The van der Waals surface area contributed by atoms with E-state index < -0.39 is 17.7 Å². The number of aromatic nitrogens is 2. The molecule has 0 saturated heterocycles. The van der Waals surface area contributed by atoms with Gasteiger partial charge in [-0.15, -0.1) is 11.3 Å². The van der Waals surface area contributed by atoms with E-state index >= 15 is 0 Å². The second-order valence-electron chi connectivity index (χ2n) is 6.19. The van der Waals surface area contributed by atoms with Crippen LogP contribution in [0.3, 0.4) is 0 Å². The molecular formula is C19H18FN3O4S. The molecule has 1 amide bonds. The summed E-state index contributed by atoms with van der Waals surface area (Å²) in [5, 5.41) is 3.00. The molecule has 9 heteroatoms. The van der Waals surface area contributed by atoms with Crippen LogP contribution in [0.5, 0.6) is 0 Å². The number of fused-ring (bicyclic) bond motifs is 1. The molecule has 0 spiro atoms. The molecule has 0 saturated carbocycles. The van der Waals surface area contributed by atoms with E-state index in [0.717, 1.165) is 16.5 Å². The van der Waals surface area contributed by atoms with Crippen LogP contribution in [0.2, 0.25) is 0 Å². The summed E-state index contributed by atoms with van der Waals surface area (Å²) in [6, 6.07) is 3.64. The first-order chi connectivity index (χ1) is 13.3. The number of halogens is 1.